The van der Waals surface area contributed by atoms with Gasteiger partial charge in [0.25, 0.3) is 0 Å². The maximum atomic E-state index is 12.0. The van der Waals surface area contributed by atoms with E-state index in [1.165, 1.54) is 4.90 Å². The molecule has 2 N–H and O–H groups in total. The van der Waals surface area contributed by atoms with Crippen LogP contribution in [0.15, 0.2) is 11.4 Å². The van der Waals surface area contributed by atoms with Gasteiger partial charge in [0, 0.05) is 24.4 Å². The Morgan fingerprint density at radius 1 is 1.61 bits per heavy atom. The molecule has 0 saturated heterocycles. The Balaban J connectivity index is 2.21. The molecule has 1 amide bonds. The Morgan fingerprint density at radius 2 is 2.39 bits per heavy atom. The minimum atomic E-state index is -0.952. The number of rotatable bonds is 4. The van der Waals surface area contributed by atoms with E-state index in [9.17, 15) is 14.7 Å². The first-order valence-electron chi connectivity index (χ1n) is 5.88. The van der Waals surface area contributed by atoms with Crippen LogP contribution in [0.1, 0.15) is 22.9 Å². The van der Waals surface area contributed by atoms with E-state index in [2.05, 4.69) is 5.32 Å². The molecule has 0 bridgehead atoms. The van der Waals surface area contributed by atoms with Gasteiger partial charge in [-0.25, -0.2) is 4.79 Å². The Bertz CT molecular complexity index is 458. The second kappa shape index (κ2) is 5.49. The lowest BCUT2D eigenvalue weighted by atomic mass is 9.99. The van der Waals surface area contributed by atoms with Gasteiger partial charge in [-0.2, -0.15) is 0 Å². The summed E-state index contributed by atoms with van der Waals surface area (Å²) < 4.78 is 0. The summed E-state index contributed by atoms with van der Waals surface area (Å²) in [6.45, 7) is 1.06. The summed E-state index contributed by atoms with van der Waals surface area (Å²) in [6, 6.07) is 1.00. The van der Waals surface area contributed by atoms with E-state index in [0.29, 0.717) is 19.5 Å². The highest BCUT2D eigenvalue weighted by molar-refractivity contribution is 7.10. The quantitative estimate of drug-likeness (QED) is 0.850. The van der Waals surface area contributed by atoms with Crippen molar-refractivity contribution in [1.29, 1.82) is 0 Å². The second-order valence-electron chi connectivity index (χ2n) is 4.23. The standard InChI is InChI=1S/C12H16N2O3S/c1-13-5-2-10(15)14-6-3-9-8(4-7-18-9)11(14)12(16)17/h4,7,11,13H,2-3,5-6H2,1H3,(H,16,17). The fourth-order valence-electron chi connectivity index (χ4n) is 2.23. The predicted octanol–water partition coefficient (Wildman–Crippen LogP) is 0.868. The number of aliphatic carboxylic acids is 1. The zero-order valence-corrected chi connectivity index (χ0v) is 11.0. The third kappa shape index (κ3) is 2.39. The van der Waals surface area contributed by atoms with E-state index in [-0.39, 0.29) is 5.91 Å². The number of carboxylic acid groups (broad SMARTS) is 1. The summed E-state index contributed by atoms with van der Waals surface area (Å²) in [5, 5.41) is 14.1. The topological polar surface area (TPSA) is 69.6 Å². The maximum Gasteiger partial charge on any atom is 0.331 e. The van der Waals surface area contributed by atoms with Gasteiger partial charge in [0.1, 0.15) is 0 Å². The molecule has 0 fully saturated rings. The van der Waals surface area contributed by atoms with Gasteiger partial charge in [0.2, 0.25) is 5.91 Å². The number of hydrogen-bond acceptors (Lipinski definition) is 4. The summed E-state index contributed by atoms with van der Waals surface area (Å²) >= 11 is 1.56. The number of thiophene rings is 1. The molecule has 0 aromatic carbocycles. The number of carboxylic acids is 1. The number of nitrogens with zero attached hydrogens (tertiary/aromatic N) is 1. The summed E-state index contributed by atoms with van der Waals surface area (Å²) in [7, 11) is 1.77. The lowest BCUT2D eigenvalue weighted by Gasteiger charge is -2.33. The van der Waals surface area contributed by atoms with Gasteiger partial charge in [-0.15, -0.1) is 11.3 Å². The van der Waals surface area contributed by atoms with Crippen molar-refractivity contribution in [2.24, 2.45) is 0 Å². The molecule has 2 heterocycles. The summed E-state index contributed by atoms with van der Waals surface area (Å²) in [5.41, 5.74) is 0.775. The van der Waals surface area contributed by atoms with Gasteiger partial charge in [0.05, 0.1) is 0 Å². The van der Waals surface area contributed by atoms with Gasteiger partial charge < -0.3 is 15.3 Å². The number of carbonyl (C=O) groups is 2. The van der Waals surface area contributed by atoms with Gasteiger partial charge >= 0.3 is 5.97 Å². The van der Waals surface area contributed by atoms with Gasteiger partial charge in [-0.05, 0) is 30.5 Å². The molecule has 1 atom stereocenters. The Labute approximate surface area is 109 Å². The number of fused-ring (bicyclic) bond motifs is 1. The highest BCUT2D eigenvalue weighted by Gasteiger charge is 2.36. The lowest BCUT2D eigenvalue weighted by molar-refractivity contribution is -0.151. The van der Waals surface area contributed by atoms with E-state index in [1.807, 2.05) is 11.4 Å². The molecule has 2 rings (SSSR count). The zero-order valence-electron chi connectivity index (χ0n) is 10.2. The van der Waals surface area contributed by atoms with Gasteiger partial charge in [-0.3, -0.25) is 4.79 Å². The fraction of sp³-hybridized carbons (Fsp3) is 0.500. The van der Waals surface area contributed by atoms with Crippen LogP contribution in [0.2, 0.25) is 0 Å². The number of nitrogens with one attached hydrogen (secondary N) is 1. The largest absolute Gasteiger partial charge is 0.479 e. The molecule has 98 valence electrons. The van der Waals surface area contributed by atoms with Crippen molar-refractivity contribution in [2.45, 2.75) is 18.9 Å². The first kappa shape index (κ1) is 13.0. The van der Waals surface area contributed by atoms with E-state index in [4.69, 9.17) is 0 Å². The molecule has 0 saturated carbocycles. The number of carbonyl (C=O) groups excluding carboxylic acids is 1. The van der Waals surface area contributed by atoms with Crippen LogP contribution in [-0.2, 0) is 16.0 Å². The van der Waals surface area contributed by atoms with Crippen molar-refractivity contribution >= 4 is 23.2 Å². The van der Waals surface area contributed by atoms with Gasteiger partial charge in [0.15, 0.2) is 6.04 Å². The van der Waals surface area contributed by atoms with E-state index in [0.717, 1.165) is 16.9 Å². The first-order chi connectivity index (χ1) is 8.65. The number of amides is 1. The predicted molar refractivity (Wildman–Crippen MR) is 68.7 cm³/mol. The van der Waals surface area contributed by atoms with Crippen molar-refractivity contribution in [3.63, 3.8) is 0 Å². The maximum absolute atomic E-state index is 12.0. The summed E-state index contributed by atoms with van der Waals surface area (Å²) in [4.78, 5) is 26.0. The van der Waals surface area contributed by atoms with E-state index in [1.54, 1.807) is 18.4 Å². The third-order valence-corrected chi connectivity index (χ3v) is 4.11. The van der Waals surface area contributed by atoms with E-state index < -0.39 is 12.0 Å². The molecule has 6 heteroatoms. The molecule has 0 aliphatic carbocycles. The molecule has 1 unspecified atom stereocenters. The lowest BCUT2D eigenvalue weighted by Crippen LogP contribution is -2.43. The van der Waals surface area contributed by atoms with Gasteiger partial charge in [-0.1, -0.05) is 0 Å². The molecule has 5 nitrogen and oxygen atoms in total. The molecule has 18 heavy (non-hydrogen) atoms. The smallest absolute Gasteiger partial charge is 0.331 e. The summed E-state index contributed by atoms with van der Waals surface area (Å²) in [6.07, 6.45) is 1.09. The monoisotopic (exact) mass is 268 g/mol. The highest BCUT2D eigenvalue weighted by atomic mass is 32.1. The van der Waals surface area contributed by atoms with Crippen LogP contribution in [0.25, 0.3) is 0 Å². The Hall–Kier alpha value is -1.40. The molecule has 1 aromatic rings. The van der Waals surface area contributed by atoms with Crippen molar-refractivity contribution < 1.29 is 14.7 Å². The molecular weight excluding hydrogens is 252 g/mol. The minimum Gasteiger partial charge on any atom is -0.479 e. The molecule has 0 spiro atoms. The van der Waals surface area contributed by atoms with Crippen molar-refractivity contribution in [1.82, 2.24) is 10.2 Å². The summed E-state index contributed by atoms with van der Waals surface area (Å²) in [5.74, 6) is -1.05. The zero-order chi connectivity index (χ0) is 13.1. The Kier molecular flexibility index (Phi) is 3.98. The minimum absolute atomic E-state index is 0.103. The van der Waals surface area contributed by atoms with Crippen molar-refractivity contribution in [2.75, 3.05) is 20.1 Å². The van der Waals surface area contributed by atoms with Crippen LogP contribution >= 0.6 is 11.3 Å². The first-order valence-corrected chi connectivity index (χ1v) is 6.76. The molecule has 0 radical (unpaired) electrons. The van der Waals surface area contributed by atoms with E-state index >= 15 is 0 Å². The normalized spacial score (nSPS) is 18.5. The van der Waals surface area contributed by atoms with Crippen LogP contribution in [0, 0.1) is 0 Å². The van der Waals surface area contributed by atoms with Crippen molar-refractivity contribution in [3.05, 3.63) is 21.9 Å². The molecule has 1 aliphatic heterocycles. The fourth-order valence-corrected chi connectivity index (χ4v) is 3.13. The molecule has 1 aromatic heterocycles. The van der Waals surface area contributed by atoms with Crippen molar-refractivity contribution in [3.8, 4) is 0 Å². The Morgan fingerprint density at radius 3 is 3.06 bits per heavy atom. The number of hydrogen-bond donors (Lipinski definition) is 2. The third-order valence-electron chi connectivity index (χ3n) is 3.11. The van der Waals surface area contributed by atoms with Crippen LogP contribution in [0.4, 0.5) is 0 Å². The average molecular weight is 268 g/mol. The molecule has 1 aliphatic rings. The second-order valence-corrected chi connectivity index (χ2v) is 5.23. The van der Waals surface area contributed by atoms with Crippen LogP contribution in [0.5, 0.6) is 0 Å². The SMILES string of the molecule is CNCCC(=O)N1CCc2sccc2C1C(=O)O. The average Bonchev–Trinajstić information content (AvgIpc) is 2.82. The van der Waals surface area contributed by atoms with Crippen LogP contribution in [-0.4, -0.2) is 42.0 Å². The molecular formula is C12H16N2O3S. The highest BCUT2D eigenvalue weighted by Crippen LogP contribution is 2.33. The van der Waals surface area contributed by atoms with Crippen LogP contribution < -0.4 is 5.32 Å². The van der Waals surface area contributed by atoms with Crippen LogP contribution in [0.3, 0.4) is 0 Å².